The van der Waals surface area contributed by atoms with Crippen LogP contribution in [0.1, 0.15) is 26.7 Å². The van der Waals surface area contributed by atoms with Crippen molar-refractivity contribution in [2.45, 2.75) is 38.3 Å². The van der Waals surface area contributed by atoms with Crippen LogP contribution < -0.4 is 9.64 Å². The van der Waals surface area contributed by atoms with Crippen molar-refractivity contribution in [2.24, 2.45) is 0 Å². The average Bonchev–Trinajstić information content (AvgIpc) is 2.92. The van der Waals surface area contributed by atoms with E-state index in [9.17, 15) is 4.79 Å². The van der Waals surface area contributed by atoms with Gasteiger partial charge < -0.3 is 14.4 Å². The Kier molecular flexibility index (Phi) is 4.48. The van der Waals surface area contributed by atoms with E-state index in [1.54, 1.807) is 7.11 Å². The Labute approximate surface area is 138 Å². The molecule has 2 saturated heterocycles. The summed E-state index contributed by atoms with van der Waals surface area (Å²) in [7, 11) is 1.69. The molecule has 0 radical (unpaired) electrons. The summed E-state index contributed by atoms with van der Waals surface area (Å²) in [6.07, 6.45) is 1.50. The van der Waals surface area contributed by atoms with Crippen molar-refractivity contribution >= 4 is 11.7 Å². The lowest BCUT2D eigenvalue weighted by atomic mass is 9.97. The Bertz CT molecular complexity index is 556. The van der Waals surface area contributed by atoms with Crippen LogP contribution in [-0.2, 0) is 9.53 Å². The minimum Gasteiger partial charge on any atom is -0.497 e. The molecule has 1 aromatic carbocycles. The van der Waals surface area contributed by atoms with Crippen molar-refractivity contribution < 1.29 is 14.3 Å². The molecule has 23 heavy (non-hydrogen) atoms. The van der Waals surface area contributed by atoms with Gasteiger partial charge in [-0.05, 0) is 44.5 Å². The van der Waals surface area contributed by atoms with E-state index in [1.165, 1.54) is 5.69 Å². The number of rotatable bonds is 4. The van der Waals surface area contributed by atoms with E-state index in [2.05, 4.69) is 35.8 Å². The van der Waals surface area contributed by atoms with E-state index in [1.807, 2.05) is 12.1 Å². The van der Waals surface area contributed by atoms with Crippen LogP contribution in [-0.4, -0.2) is 55.8 Å². The number of methoxy groups -OCH3 is 1. The van der Waals surface area contributed by atoms with Crippen LogP contribution in [0.3, 0.4) is 0 Å². The molecule has 126 valence electrons. The molecule has 0 bridgehead atoms. The van der Waals surface area contributed by atoms with Gasteiger partial charge in [0.05, 0.1) is 7.11 Å². The van der Waals surface area contributed by atoms with Crippen molar-refractivity contribution in [1.82, 2.24) is 4.90 Å². The van der Waals surface area contributed by atoms with E-state index >= 15 is 0 Å². The molecule has 5 nitrogen and oxygen atoms in total. The summed E-state index contributed by atoms with van der Waals surface area (Å²) in [6.45, 7) is 8.32. The zero-order valence-corrected chi connectivity index (χ0v) is 14.2. The number of hydrogen-bond acceptors (Lipinski definition) is 5. The number of piperazine rings is 1. The van der Waals surface area contributed by atoms with Gasteiger partial charge in [-0.15, -0.1) is 0 Å². The van der Waals surface area contributed by atoms with Crippen molar-refractivity contribution in [1.29, 1.82) is 0 Å². The van der Waals surface area contributed by atoms with Gasteiger partial charge in [0.2, 0.25) is 0 Å². The number of carbonyl (C=O) groups is 1. The first kappa shape index (κ1) is 16.1. The van der Waals surface area contributed by atoms with Gasteiger partial charge in [0.25, 0.3) is 0 Å². The zero-order chi connectivity index (χ0) is 16.4. The molecule has 2 aliphatic heterocycles. The van der Waals surface area contributed by atoms with Gasteiger partial charge >= 0.3 is 5.97 Å². The van der Waals surface area contributed by atoms with Crippen LogP contribution in [0.2, 0.25) is 0 Å². The molecule has 5 heteroatoms. The first-order valence-corrected chi connectivity index (χ1v) is 8.31. The monoisotopic (exact) mass is 318 g/mol. The number of ether oxygens (including phenoxy) is 2. The summed E-state index contributed by atoms with van der Waals surface area (Å²) in [6, 6.07) is 8.26. The van der Waals surface area contributed by atoms with Gasteiger partial charge in [-0.25, -0.2) is 0 Å². The van der Waals surface area contributed by atoms with Gasteiger partial charge in [0.1, 0.15) is 11.9 Å². The van der Waals surface area contributed by atoms with Crippen molar-refractivity contribution in [3.63, 3.8) is 0 Å². The fraction of sp³-hybridized carbons (Fsp3) is 0.611. The summed E-state index contributed by atoms with van der Waals surface area (Å²) in [4.78, 5) is 16.1. The molecule has 0 aliphatic carbocycles. The van der Waals surface area contributed by atoms with E-state index in [0.717, 1.165) is 38.3 Å². The Balaban J connectivity index is 1.63. The van der Waals surface area contributed by atoms with Crippen LogP contribution in [0, 0.1) is 0 Å². The lowest BCUT2D eigenvalue weighted by molar-refractivity contribution is -0.142. The molecule has 2 heterocycles. The van der Waals surface area contributed by atoms with Gasteiger partial charge in [-0.1, -0.05) is 0 Å². The Morgan fingerprint density at radius 3 is 2.57 bits per heavy atom. The minimum absolute atomic E-state index is 0.0372. The van der Waals surface area contributed by atoms with Crippen LogP contribution in [0.5, 0.6) is 5.75 Å². The number of esters is 1. The molecule has 2 aliphatic rings. The molecule has 2 fully saturated rings. The molecular formula is C18H26N2O3. The lowest BCUT2D eigenvalue weighted by Crippen LogP contribution is -2.60. The first-order valence-electron chi connectivity index (χ1n) is 8.31. The predicted molar refractivity (Wildman–Crippen MR) is 90.0 cm³/mol. The van der Waals surface area contributed by atoms with E-state index in [-0.39, 0.29) is 17.6 Å². The summed E-state index contributed by atoms with van der Waals surface area (Å²) >= 11 is 0. The Hall–Kier alpha value is -1.75. The van der Waals surface area contributed by atoms with Gasteiger partial charge in [0, 0.05) is 43.8 Å². The number of carbonyl (C=O) groups excluding carboxylic acids is 1. The molecule has 3 rings (SSSR count). The summed E-state index contributed by atoms with van der Waals surface area (Å²) < 4.78 is 10.6. The van der Waals surface area contributed by atoms with Crippen LogP contribution >= 0.6 is 0 Å². The lowest BCUT2D eigenvalue weighted by Gasteiger charge is -2.49. The molecule has 0 saturated carbocycles. The summed E-state index contributed by atoms with van der Waals surface area (Å²) in [5.74, 6) is 0.833. The second-order valence-corrected chi connectivity index (χ2v) is 7.05. The number of benzene rings is 1. The number of anilines is 1. The molecule has 1 aromatic rings. The van der Waals surface area contributed by atoms with Gasteiger partial charge in [0.15, 0.2) is 0 Å². The number of cyclic esters (lactones) is 1. The summed E-state index contributed by atoms with van der Waals surface area (Å²) in [5.41, 5.74) is 1.26. The first-order chi connectivity index (χ1) is 11.0. The average molecular weight is 318 g/mol. The number of hydrogen-bond donors (Lipinski definition) is 0. The third-order valence-corrected chi connectivity index (χ3v) is 4.80. The maximum absolute atomic E-state index is 11.3. The Morgan fingerprint density at radius 1 is 1.26 bits per heavy atom. The molecule has 0 spiro atoms. The molecule has 1 unspecified atom stereocenters. The predicted octanol–water partition coefficient (Wildman–Crippen LogP) is 2.30. The van der Waals surface area contributed by atoms with Crippen molar-refractivity contribution in [3.8, 4) is 5.75 Å². The van der Waals surface area contributed by atoms with Crippen molar-refractivity contribution in [3.05, 3.63) is 24.3 Å². The highest BCUT2D eigenvalue weighted by molar-refractivity contribution is 5.71. The fourth-order valence-corrected chi connectivity index (χ4v) is 3.65. The minimum atomic E-state index is -0.0499. The van der Waals surface area contributed by atoms with Gasteiger partial charge in [-0.2, -0.15) is 0 Å². The molecule has 0 amide bonds. The smallest absolute Gasteiger partial charge is 0.306 e. The third-order valence-electron chi connectivity index (χ3n) is 4.80. The maximum Gasteiger partial charge on any atom is 0.306 e. The third kappa shape index (κ3) is 3.61. The van der Waals surface area contributed by atoms with E-state index in [0.29, 0.717) is 6.42 Å². The quantitative estimate of drug-likeness (QED) is 0.797. The highest BCUT2D eigenvalue weighted by Crippen LogP contribution is 2.30. The normalized spacial score (nSPS) is 24.6. The summed E-state index contributed by atoms with van der Waals surface area (Å²) in [5, 5.41) is 0. The highest BCUT2D eigenvalue weighted by Gasteiger charge is 2.35. The van der Waals surface area contributed by atoms with Crippen LogP contribution in [0.15, 0.2) is 24.3 Å². The second-order valence-electron chi connectivity index (χ2n) is 7.05. The molecule has 0 N–H and O–H groups in total. The standard InChI is InChI=1S/C18H26N2O3/c1-18(2)13-19(12-16-8-9-17(21)23-16)10-11-20(18)14-4-6-15(22-3)7-5-14/h4-7,16H,8-13H2,1-3H3. The van der Waals surface area contributed by atoms with E-state index < -0.39 is 0 Å². The zero-order valence-electron chi connectivity index (χ0n) is 14.2. The maximum atomic E-state index is 11.3. The topological polar surface area (TPSA) is 42.0 Å². The molecule has 0 aromatic heterocycles. The van der Waals surface area contributed by atoms with Crippen LogP contribution in [0.25, 0.3) is 0 Å². The molecular weight excluding hydrogens is 292 g/mol. The van der Waals surface area contributed by atoms with Gasteiger partial charge in [-0.3, -0.25) is 9.69 Å². The van der Waals surface area contributed by atoms with Crippen molar-refractivity contribution in [2.75, 3.05) is 38.2 Å². The Morgan fingerprint density at radius 2 is 2.00 bits per heavy atom. The molecule has 1 atom stereocenters. The van der Waals surface area contributed by atoms with Crippen LogP contribution in [0.4, 0.5) is 5.69 Å². The highest BCUT2D eigenvalue weighted by atomic mass is 16.5. The second kappa shape index (κ2) is 6.40. The SMILES string of the molecule is COc1ccc(N2CCN(CC3CCC(=O)O3)CC2(C)C)cc1. The van der Waals surface area contributed by atoms with E-state index in [4.69, 9.17) is 9.47 Å². The fourth-order valence-electron chi connectivity index (χ4n) is 3.65. The largest absolute Gasteiger partial charge is 0.497 e. The number of nitrogens with zero attached hydrogens (tertiary/aromatic N) is 2.